The Morgan fingerprint density at radius 1 is 1.23 bits per heavy atom. The molecule has 1 atom stereocenters. The van der Waals surface area contributed by atoms with Gasteiger partial charge < -0.3 is 10.1 Å². The fraction of sp³-hybridized carbons (Fsp3) is 0.333. The van der Waals surface area contributed by atoms with Crippen LogP contribution in [0.25, 0.3) is 0 Å². The van der Waals surface area contributed by atoms with Gasteiger partial charge in [0, 0.05) is 18.3 Å². The molecule has 26 heavy (non-hydrogen) atoms. The standard InChI is InChI=1S/C18H23N3O4S/c1-4-13(3)20-17(22)16-10-7-11-19-18(16)25-15-9-6-8-14(12-15)21-26(23,24)5-2/h6-13,21H,4-5H2,1-3H3,(H,20,22). The van der Waals surface area contributed by atoms with E-state index in [-0.39, 0.29) is 23.6 Å². The fourth-order valence-electron chi connectivity index (χ4n) is 2.03. The van der Waals surface area contributed by atoms with Gasteiger partial charge in [0.05, 0.1) is 11.4 Å². The van der Waals surface area contributed by atoms with Gasteiger partial charge in [-0.1, -0.05) is 13.0 Å². The largest absolute Gasteiger partial charge is 0.438 e. The molecular weight excluding hydrogens is 354 g/mol. The van der Waals surface area contributed by atoms with Crippen LogP contribution in [0.3, 0.4) is 0 Å². The molecule has 0 saturated carbocycles. The fourth-order valence-corrected chi connectivity index (χ4v) is 2.67. The number of carbonyl (C=O) groups is 1. The van der Waals surface area contributed by atoms with Gasteiger partial charge in [-0.05, 0) is 44.5 Å². The molecule has 0 radical (unpaired) electrons. The average Bonchev–Trinajstić information content (AvgIpc) is 2.62. The number of aromatic nitrogens is 1. The maximum absolute atomic E-state index is 12.4. The van der Waals surface area contributed by atoms with E-state index in [1.807, 2.05) is 13.8 Å². The van der Waals surface area contributed by atoms with Crippen LogP contribution in [0.1, 0.15) is 37.6 Å². The predicted octanol–water partition coefficient (Wildman–Crippen LogP) is 3.16. The number of pyridine rings is 1. The topological polar surface area (TPSA) is 97.4 Å². The molecule has 1 amide bonds. The molecule has 0 bridgehead atoms. The number of hydrogen-bond acceptors (Lipinski definition) is 5. The van der Waals surface area contributed by atoms with E-state index < -0.39 is 10.0 Å². The van der Waals surface area contributed by atoms with Crippen molar-refractivity contribution in [2.75, 3.05) is 10.5 Å². The molecule has 7 nitrogen and oxygen atoms in total. The molecule has 2 N–H and O–H groups in total. The first kappa shape index (κ1) is 19.7. The maximum Gasteiger partial charge on any atom is 0.256 e. The van der Waals surface area contributed by atoms with Crippen LogP contribution < -0.4 is 14.8 Å². The first-order chi connectivity index (χ1) is 12.3. The first-order valence-corrected chi connectivity index (χ1v) is 10.0. The van der Waals surface area contributed by atoms with Crippen LogP contribution in [0.5, 0.6) is 11.6 Å². The molecule has 1 heterocycles. The van der Waals surface area contributed by atoms with E-state index in [2.05, 4.69) is 15.0 Å². The summed E-state index contributed by atoms with van der Waals surface area (Å²) in [6.45, 7) is 5.45. The summed E-state index contributed by atoms with van der Waals surface area (Å²) in [5.41, 5.74) is 0.693. The quantitative estimate of drug-likeness (QED) is 0.736. The highest BCUT2D eigenvalue weighted by Crippen LogP contribution is 2.26. The van der Waals surface area contributed by atoms with Crippen molar-refractivity contribution in [3.8, 4) is 11.6 Å². The number of hydrogen-bond donors (Lipinski definition) is 2. The second-order valence-electron chi connectivity index (χ2n) is 5.77. The van der Waals surface area contributed by atoms with E-state index in [0.717, 1.165) is 6.42 Å². The number of ether oxygens (including phenoxy) is 1. The minimum absolute atomic E-state index is 0.0295. The van der Waals surface area contributed by atoms with Crippen LogP contribution in [0.2, 0.25) is 0 Å². The summed E-state index contributed by atoms with van der Waals surface area (Å²) in [6, 6.07) is 9.79. The lowest BCUT2D eigenvalue weighted by Gasteiger charge is -2.14. The molecule has 0 aliphatic heterocycles. The smallest absolute Gasteiger partial charge is 0.256 e. The van der Waals surface area contributed by atoms with E-state index in [1.54, 1.807) is 37.3 Å². The molecule has 0 aliphatic carbocycles. The van der Waals surface area contributed by atoms with Crippen molar-refractivity contribution in [1.82, 2.24) is 10.3 Å². The van der Waals surface area contributed by atoms with Crippen molar-refractivity contribution in [3.63, 3.8) is 0 Å². The summed E-state index contributed by atoms with van der Waals surface area (Å²) in [5, 5.41) is 2.87. The number of nitrogens with one attached hydrogen (secondary N) is 2. The van der Waals surface area contributed by atoms with Gasteiger partial charge in [-0.3, -0.25) is 9.52 Å². The highest BCUT2D eigenvalue weighted by atomic mass is 32.2. The Morgan fingerprint density at radius 3 is 2.69 bits per heavy atom. The monoisotopic (exact) mass is 377 g/mol. The molecule has 2 aromatic rings. The van der Waals surface area contributed by atoms with Gasteiger partial charge in [0.15, 0.2) is 0 Å². The third-order valence-corrected chi connectivity index (χ3v) is 5.01. The van der Waals surface area contributed by atoms with Crippen molar-refractivity contribution < 1.29 is 17.9 Å². The molecule has 1 aromatic carbocycles. The minimum Gasteiger partial charge on any atom is -0.438 e. The summed E-state index contributed by atoms with van der Waals surface area (Å²) >= 11 is 0. The van der Waals surface area contributed by atoms with Crippen LogP contribution in [0, 0.1) is 0 Å². The summed E-state index contributed by atoms with van der Waals surface area (Å²) in [6.07, 6.45) is 2.33. The van der Waals surface area contributed by atoms with Crippen molar-refractivity contribution in [3.05, 3.63) is 48.2 Å². The van der Waals surface area contributed by atoms with Gasteiger partial charge in [0.1, 0.15) is 11.3 Å². The number of benzene rings is 1. The Balaban J connectivity index is 2.23. The van der Waals surface area contributed by atoms with Crippen LogP contribution in [0.15, 0.2) is 42.6 Å². The Bertz CT molecular complexity index is 868. The van der Waals surface area contributed by atoms with Crippen LogP contribution in [-0.2, 0) is 10.0 Å². The van der Waals surface area contributed by atoms with E-state index in [9.17, 15) is 13.2 Å². The van der Waals surface area contributed by atoms with E-state index in [1.165, 1.54) is 12.3 Å². The molecule has 140 valence electrons. The third kappa shape index (κ3) is 5.45. The second kappa shape index (κ2) is 8.66. The van der Waals surface area contributed by atoms with Gasteiger partial charge in [-0.25, -0.2) is 13.4 Å². The second-order valence-corrected chi connectivity index (χ2v) is 7.79. The number of rotatable bonds is 8. The number of sulfonamides is 1. The normalized spacial score (nSPS) is 12.3. The molecule has 1 unspecified atom stereocenters. The molecule has 0 spiro atoms. The van der Waals surface area contributed by atoms with Crippen LogP contribution in [0.4, 0.5) is 5.69 Å². The van der Waals surface area contributed by atoms with Gasteiger partial charge in [0.25, 0.3) is 5.91 Å². The van der Waals surface area contributed by atoms with Gasteiger partial charge in [-0.15, -0.1) is 0 Å². The Morgan fingerprint density at radius 2 is 2.00 bits per heavy atom. The van der Waals surface area contributed by atoms with Gasteiger partial charge >= 0.3 is 0 Å². The number of nitrogens with zero attached hydrogens (tertiary/aromatic N) is 1. The Labute approximate surface area is 153 Å². The Kier molecular flexibility index (Phi) is 6.57. The SMILES string of the molecule is CCC(C)NC(=O)c1cccnc1Oc1cccc(NS(=O)(=O)CC)c1. The number of amides is 1. The van der Waals surface area contributed by atoms with Crippen molar-refractivity contribution in [2.24, 2.45) is 0 Å². The molecular formula is C18H23N3O4S. The molecule has 2 rings (SSSR count). The number of anilines is 1. The van der Waals surface area contributed by atoms with Crippen molar-refractivity contribution in [2.45, 2.75) is 33.2 Å². The minimum atomic E-state index is -3.39. The van der Waals surface area contributed by atoms with Crippen molar-refractivity contribution in [1.29, 1.82) is 0 Å². The highest BCUT2D eigenvalue weighted by molar-refractivity contribution is 7.92. The summed E-state index contributed by atoms with van der Waals surface area (Å²) < 4.78 is 31.6. The van der Waals surface area contributed by atoms with Gasteiger partial charge in [0.2, 0.25) is 15.9 Å². The Hall–Kier alpha value is -2.61. The van der Waals surface area contributed by atoms with E-state index in [4.69, 9.17) is 4.74 Å². The zero-order valence-corrected chi connectivity index (χ0v) is 15.8. The molecule has 0 aliphatic rings. The average molecular weight is 377 g/mol. The lowest BCUT2D eigenvalue weighted by Crippen LogP contribution is -2.32. The zero-order chi connectivity index (χ0) is 19.2. The third-order valence-electron chi connectivity index (χ3n) is 3.71. The first-order valence-electron chi connectivity index (χ1n) is 8.39. The predicted molar refractivity (Wildman–Crippen MR) is 101 cm³/mol. The van der Waals surface area contributed by atoms with E-state index in [0.29, 0.717) is 17.0 Å². The van der Waals surface area contributed by atoms with Gasteiger partial charge in [-0.2, -0.15) is 0 Å². The molecule has 8 heteroatoms. The number of carbonyl (C=O) groups excluding carboxylic acids is 1. The summed E-state index contributed by atoms with van der Waals surface area (Å²) in [4.78, 5) is 16.5. The molecule has 0 fully saturated rings. The van der Waals surface area contributed by atoms with E-state index >= 15 is 0 Å². The zero-order valence-electron chi connectivity index (χ0n) is 15.0. The summed E-state index contributed by atoms with van der Waals surface area (Å²) in [7, 11) is -3.39. The highest BCUT2D eigenvalue weighted by Gasteiger charge is 2.16. The van der Waals surface area contributed by atoms with Crippen LogP contribution in [-0.4, -0.2) is 31.1 Å². The maximum atomic E-state index is 12.4. The van der Waals surface area contributed by atoms with Crippen LogP contribution >= 0.6 is 0 Å². The lowest BCUT2D eigenvalue weighted by molar-refractivity contribution is 0.0936. The lowest BCUT2D eigenvalue weighted by atomic mass is 10.2. The molecule has 1 aromatic heterocycles. The molecule has 0 saturated heterocycles. The van der Waals surface area contributed by atoms with Crippen molar-refractivity contribution >= 4 is 21.6 Å². The summed E-state index contributed by atoms with van der Waals surface area (Å²) in [5.74, 6) is 0.227.